The van der Waals surface area contributed by atoms with E-state index in [1.165, 1.54) is 0 Å². The molecule has 0 spiro atoms. The van der Waals surface area contributed by atoms with Gasteiger partial charge in [-0.2, -0.15) is 0 Å². The molecule has 0 heterocycles. The van der Waals surface area contributed by atoms with E-state index in [-0.39, 0.29) is 38.0 Å². The number of carbonyl (C=O) groups excluding carboxylic acids is 2. The van der Waals surface area contributed by atoms with Crippen molar-refractivity contribution in [3.05, 3.63) is 68.6 Å². The van der Waals surface area contributed by atoms with Gasteiger partial charge >= 0.3 is 11.9 Å². The monoisotopic (exact) mass is 468 g/mol. The Morgan fingerprint density at radius 1 is 0.720 bits per heavy atom. The number of carbonyl (C=O) groups is 2. The van der Waals surface area contributed by atoms with Crippen LogP contribution in [0.1, 0.15) is 30.4 Å². The summed E-state index contributed by atoms with van der Waals surface area (Å²) in [6.07, 6.45) is 0.784. The summed E-state index contributed by atoms with van der Waals surface area (Å²) in [7, 11) is 0. The van der Waals surface area contributed by atoms with Gasteiger partial charge in [0.25, 0.3) is 0 Å². The third kappa shape index (κ3) is 7.00. The molecule has 0 N–H and O–H groups in total. The Bertz CT molecular complexity index is 669. The number of hydrogen-bond acceptors (Lipinski definition) is 4. The topological polar surface area (TPSA) is 52.6 Å². The minimum Gasteiger partial charge on any atom is -0.461 e. The highest BCUT2D eigenvalue weighted by molar-refractivity contribution is 9.10. The summed E-state index contributed by atoms with van der Waals surface area (Å²) >= 11 is 6.81. The van der Waals surface area contributed by atoms with Gasteiger partial charge in [0.15, 0.2) is 0 Å². The van der Waals surface area contributed by atoms with Crippen LogP contribution in [0.15, 0.2) is 57.5 Å². The maximum atomic E-state index is 11.7. The molecule has 0 bridgehead atoms. The van der Waals surface area contributed by atoms with Gasteiger partial charge in [0, 0.05) is 32.9 Å². The fourth-order valence-electron chi connectivity index (χ4n) is 2.07. The van der Waals surface area contributed by atoms with E-state index >= 15 is 0 Å². The van der Waals surface area contributed by atoms with Crippen LogP contribution in [-0.2, 0) is 32.3 Å². The average Bonchev–Trinajstić information content (AvgIpc) is 2.60. The van der Waals surface area contributed by atoms with Crippen LogP contribution in [0.5, 0.6) is 0 Å². The van der Waals surface area contributed by atoms with Gasteiger partial charge in [0.05, 0.1) is 0 Å². The van der Waals surface area contributed by atoms with Crippen LogP contribution in [0.4, 0.5) is 0 Å². The molecule has 4 nitrogen and oxygen atoms in total. The van der Waals surface area contributed by atoms with E-state index in [2.05, 4.69) is 31.9 Å². The lowest BCUT2D eigenvalue weighted by molar-refractivity contribution is -0.146. The van der Waals surface area contributed by atoms with Crippen molar-refractivity contribution in [3.63, 3.8) is 0 Å². The van der Waals surface area contributed by atoms with Crippen LogP contribution < -0.4 is 0 Å². The van der Waals surface area contributed by atoms with Gasteiger partial charge in [-0.15, -0.1) is 0 Å². The summed E-state index contributed by atoms with van der Waals surface area (Å²) in [5.74, 6) is -0.649. The Kier molecular flexibility index (Phi) is 8.15. The Morgan fingerprint density at radius 3 is 1.52 bits per heavy atom. The second kappa shape index (κ2) is 10.4. The largest absolute Gasteiger partial charge is 0.461 e. The fourth-order valence-corrected chi connectivity index (χ4v) is 2.87. The summed E-state index contributed by atoms with van der Waals surface area (Å²) in [4.78, 5) is 23.5. The number of halogens is 2. The van der Waals surface area contributed by atoms with Gasteiger partial charge in [0.1, 0.15) is 13.2 Å². The number of benzene rings is 2. The summed E-state index contributed by atoms with van der Waals surface area (Å²) in [6.45, 7) is 0.430. The summed E-state index contributed by atoms with van der Waals surface area (Å²) in [6, 6.07) is 15.1. The normalized spacial score (nSPS) is 10.3. The molecule has 2 aromatic rings. The van der Waals surface area contributed by atoms with Crippen molar-refractivity contribution >= 4 is 43.8 Å². The maximum absolute atomic E-state index is 11.7. The van der Waals surface area contributed by atoms with E-state index in [9.17, 15) is 9.59 Å². The highest BCUT2D eigenvalue weighted by atomic mass is 79.9. The molecular formula is C19H18Br2O4. The van der Waals surface area contributed by atoms with E-state index in [0.29, 0.717) is 6.42 Å². The van der Waals surface area contributed by atoms with Gasteiger partial charge in [-0.3, -0.25) is 9.59 Å². The average molecular weight is 470 g/mol. The quantitative estimate of drug-likeness (QED) is 0.500. The van der Waals surface area contributed by atoms with Gasteiger partial charge in [-0.25, -0.2) is 0 Å². The zero-order valence-electron chi connectivity index (χ0n) is 13.5. The molecule has 0 aliphatic carbocycles. The second-order valence-corrected chi connectivity index (χ2v) is 7.07. The molecule has 0 aliphatic rings. The highest BCUT2D eigenvalue weighted by Gasteiger charge is 2.09. The molecule has 0 unspecified atom stereocenters. The van der Waals surface area contributed by atoms with Crippen LogP contribution >= 0.6 is 31.9 Å². The van der Waals surface area contributed by atoms with Crippen LogP contribution in [0.3, 0.4) is 0 Å². The Balaban J connectivity index is 1.63. The highest BCUT2D eigenvalue weighted by Crippen LogP contribution is 2.18. The van der Waals surface area contributed by atoms with Gasteiger partial charge in [-0.1, -0.05) is 68.3 Å². The predicted molar refractivity (Wildman–Crippen MR) is 102 cm³/mol. The van der Waals surface area contributed by atoms with Crippen molar-refractivity contribution in [1.82, 2.24) is 0 Å². The van der Waals surface area contributed by atoms with Crippen molar-refractivity contribution in [1.29, 1.82) is 0 Å². The van der Waals surface area contributed by atoms with E-state index in [0.717, 1.165) is 20.1 Å². The van der Waals surface area contributed by atoms with Crippen LogP contribution in [0, 0.1) is 0 Å². The lowest BCUT2D eigenvalue weighted by Crippen LogP contribution is -2.08. The van der Waals surface area contributed by atoms with Crippen molar-refractivity contribution in [3.8, 4) is 0 Å². The summed E-state index contributed by atoms with van der Waals surface area (Å²) in [5, 5.41) is 0. The molecule has 0 saturated carbocycles. The lowest BCUT2D eigenvalue weighted by atomic mass is 10.2. The first kappa shape index (κ1) is 19.7. The van der Waals surface area contributed by atoms with Gasteiger partial charge < -0.3 is 9.47 Å². The molecule has 0 fully saturated rings. The molecule has 6 heteroatoms. The zero-order chi connectivity index (χ0) is 18.1. The molecule has 0 radical (unpaired) electrons. The Labute approximate surface area is 163 Å². The molecule has 132 valence electrons. The summed E-state index contributed by atoms with van der Waals surface area (Å²) in [5.41, 5.74) is 1.81. The van der Waals surface area contributed by atoms with Crippen molar-refractivity contribution in [2.24, 2.45) is 0 Å². The lowest BCUT2D eigenvalue weighted by Gasteiger charge is -2.08. The van der Waals surface area contributed by atoms with Crippen molar-refractivity contribution < 1.29 is 19.1 Å². The molecule has 25 heavy (non-hydrogen) atoms. The van der Waals surface area contributed by atoms with Crippen molar-refractivity contribution in [2.45, 2.75) is 32.5 Å². The first-order valence-electron chi connectivity index (χ1n) is 7.84. The molecular weight excluding hydrogens is 452 g/mol. The zero-order valence-corrected chi connectivity index (χ0v) is 16.7. The van der Waals surface area contributed by atoms with Crippen LogP contribution in [-0.4, -0.2) is 11.9 Å². The number of rotatable bonds is 8. The third-order valence-electron chi connectivity index (χ3n) is 3.45. The molecule has 2 rings (SSSR count). The first-order valence-corrected chi connectivity index (χ1v) is 9.43. The van der Waals surface area contributed by atoms with Crippen LogP contribution in [0.25, 0.3) is 0 Å². The number of hydrogen-bond donors (Lipinski definition) is 0. The molecule has 0 atom stereocenters. The van der Waals surface area contributed by atoms with E-state index in [1.807, 2.05) is 48.5 Å². The fraction of sp³-hybridized carbons (Fsp3) is 0.263. The van der Waals surface area contributed by atoms with Gasteiger partial charge in [-0.05, 0) is 18.6 Å². The standard InChI is InChI=1S/C19H18Br2O4/c20-16-8-3-1-6-14(16)12-24-18(22)10-5-11-19(23)25-13-15-7-2-4-9-17(15)21/h1-4,6-9H,5,10-13H2. The van der Waals surface area contributed by atoms with Crippen LogP contribution in [0.2, 0.25) is 0 Å². The van der Waals surface area contributed by atoms with Crippen molar-refractivity contribution in [2.75, 3.05) is 0 Å². The van der Waals surface area contributed by atoms with E-state index in [1.54, 1.807) is 0 Å². The molecule has 0 aromatic heterocycles. The molecule has 0 saturated heterocycles. The predicted octanol–water partition coefficient (Wildman–Crippen LogP) is 5.17. The number of esters is 2. The van der Waals surface area contributed by atoms with E-state index < -0.39 is 0 Å². The van der Waals surface area contributed by atoms with E-state index in [4.69, 9.17) is 9.47 Å². The third-order valence-corrected chi connectivity index (χ3v) is 5.00. The Hall–Kier alpha value is -1.66. The number of ether oxygens (including phenoxy) is 2. The molecule has 2 aromatic carbocycles. The molecule has 0 aliphatic heterocycles. The minimum absolute atomic E-state index is 0.189. The van der Waals surface area contributed by atoms with Gasteiger partial charge in [0.2, 0.25) is 0 Å². The second-order valence-electron chi connectivity index (χ2n) is 5.36. The Morgan fingerprint density at radius 2 is 1.12 bits per heavy atom. The minimum atomic E-state index is -0.325. The summed E-state index contributed by atoms with van der Waals surface area (Å²) < 4.78 is 12.2. The molecule has 0 amide bonds. The smallest absolute Gasteiger partial charge is 0.306 e. The first-order chi connectivity index (χ1) is 12.1. The SMILES string of the molecule is O=C(CCCC(=O)OCc1ccccc1Br)OCc1ccccc1Br. The maximum Gasteiger partial charge on any atom is 0.306 e.